The van der Waals surface area contributed by atoms with Crippen molar-refractivity contribution in [3.05, 3.63) is 41.2 Å². The van der Waals surface area contributed by atoms with E-state index in [9.17, 15) is 0 Å². The molecule has 2 rings (SSSR count). The standard InChI is InChI=1S/C14H18ClN3O/c1-10(2)18-9-12(8-17-18)19-14-11(7-16-3)5-4-6-13(14)15/h4-6,8-10,16H,7H2,1-3H3. The van der Waals surface area contributed by atoms with Crippen molar-refractivity contribution >= 4 is 11.6 Å². The second kappa shape index (κ2) is 6.08. The average Bonchev–Trinajstić information content (AvgIpc) is 2.82. The lowest BCUT2D eigenvalue weighted by atomic mass is 10.2. The van der Waals surface area contributed by atoms with Gasteiger partial charge in [-0.15, -0.1) is 0 Å². The number of rotatable bonds is 5. The molecular weight excluding hydrogens is 262 g/mol. The van der Waals surface area contributed by atoms with Gasteiger partial charge in [-0.1, -0.05) is 23.7 Å². The van der Waals surface area contributed by atoms with E-state index in [1.165, 1.54) is 0 Å². The largest absolute Gasteiger partial charge is 0.452 e. The molecule has 0 spiro atoms. The zero-order valence-corrected chi connectivity index (χ0v) is 12.1. The highest BCUT2D eigenvalue weighted by Crippen LogP contribution is 2.33. The number of nitrogens with zero attached hydrogens (tertiary/aromatic N) is 2. The predicted octanol–water partition coefficient (Wildman–Crippen LogP) is 3.63. The van der Waals surface area contributed by atoms with Crippen LogP contribution in [0.3, 0.4) is 0 Å². The summed E-state index contributed by atoms with van der Waals surface area (Å²) in [6.45, 7) is 4.84. The minimum Gasteiger partial charge on any atom is -0.452 e. The molecule has 0 saturated heterocycles. The average molecular weight is 280 g/mol. The van der Waals surface area contributed by atoms with Gasteiger partial charge in [-0.25, -0.2) is 0 Å². The molecule has 0 unspecified atom stereocenters. The highest BCUT2D eigenvalue weighted by atomic mass is 35.5. The van der Waals surface area contributed by atoms with E-state index in [0.29, 0.717) is 29.1 Å². The Bertz CT molecular complexity index is 551. The van der Waals surface area contributed by atoms with E-state index in [1.54, 1.807) is 6.20 Å². The van der Waals surface area contributed by atoms with Gasteiger partial charge in [0.1, 0.15) is 0 Å². The quantitative estimate of drug-likeness (QED) is 0.908. The van der Waals surface area contributed by atoms with Gasteiger partial charge < -0.3 is 10.1 Å². The lowest BCUT2D eigenvalue weighted by molar-refractivity contribution is 0.470. The summed E-state index contributed by atoms with van der Waals surface area (Å²) >= 11 is 6.20. The summed E-state index contributed by atoms with van der Waals surface area (Å²) in [6, 6.07) is 6.03. The van der Waals surface area contributed by atoms with E-state index < -0.39 is 0 Å². The second-order valence-corrected chi connectivity index (χ2v) is 5.02. The van der Waals surface area contributed by atoms with Crippen LogP contribution in [-0.2, 0) is 6.54 Å². The molecule has 0 bridgehead atoms. The first-order valence-electron chi connectivity index (χ1n) is 6.26. The Balaban J connectivity index is 2.26. The summed E-state index contributed by atoms with van der Waals surface area (Å²) < 4.78 is 7.72. The number of ether oxygens (including phenoxy) is 1. The molecule has 0 aliphatic rings. The molecule has 0 atom stereocenters. The fourth-order valence-corrected chi connectivity index (χ4v) is 2.00. The summed E-state index contributed by atoms with van der Waals surface area (Å²) in [6.07, 6.45) is 3.57. The Morgan fingerprint density at radius 3 is 2.84 bits per heavy atom. The Hall–Kier alpha value is -1.52. The number of hydrogen-bond donors (Lipinski definition) is 1. The van der Waals surface area contributed by atoms with Crippen molar-refractivity contribution in [3.63, 3.8) is 0 Å². The molecule has 19 heavy (non-hydrogen) atoms. The van der Waals surface area contributed by atoms with Crippen molar-refractivity contribution in [2.45, 2.75) is 26.4 Å². The zero-order valence-electron chi connectivity index (χ0n) is 11.4. The number of hydrogen-bond acceptors (Lipinski definition) is 3. The van der Waals surface area contributed by atoms with Gasteiger partial charge in [0, 0.05) is 18.2 Å². The molecule has 0 aliphatic heterocycles. The van der Waals surface area contributed by atoms with Crippen molar-refractivity contribution in [1.29, 1.82) is 0 Å². The van der Waals surface area contributed by atoms with E-state index in [1.807, 2.05) is 36.1 Å². The van der Waals surface area contributed by atoms with Gasteiger partial charge in [-0.05, 0) is 27.0 Å². The fourth-order valence-electron chi connectivity index (χ4n) is 1.77. The summed E-state index contributed by atoms with van der Waals surface area (Å²) in [5.74, 6) is 1.38. The van der Waals surface area contributed by atoms with E-state index in [0.717, 1.165) is 5.56 Å². The van der Waals surface area contributed by atoms with Crippen molar-refractivity contribution in [2.75, 3.05) is 7.05 Å². The summed E-state index contributed by atoms with van der Waals surface area (Å²) in [5, 5.41) is 7.95. The second-order valence-electron chi connectivity index (χ2n) is 4.61. The van der Waals surface area contributed by atoms with Gasteiger partial charge in [0.05, 0.1) is 17.4 Å². The van der Waals surface area contributed by atoms with E-state index >= 15 is 0 Å². The van der Waals surface area contributed by atoms with Gasteiger partial charge in [-0.3, -0.25) is 4.68 Å². The molecule has 1 N–H and O–H groups in total. The van der Waals surface area contributed by atoms with Crippen molar-refractivity contribution in [2.24, 2.45) is 0 Å². The van der Waals surface area contributed by atoms with Crippen LogP contribution in [0.4, 0.5) is 0 Å². The lowest BCUT2D eigenvalue weighted by Gasteiger charge is -2.11. The fraction of sp³-hybridized carbons (Fsp3) is 0.357. The predicted molar refractivity (Wildman–Crippen MR) is 76.9 cm³/mol. The normalized spacial score (nSPS) is 11.0. The molecular formula is C14H18ClN3O. The van der Waals surface area contributed by atoms with Crippen molar-refractivity contribution in [1.82, 2.24) is 15.1 Å². The third kappa shape index (κ3) is 3.28. The zero-order chi connectivity index (χ0) is 13.8. The molecule has 102 valence electrons. The Kier molecular flexibility index (Phi) is 4.45. The highest BCUT2D eigenvalue weighted by Gasteiger charge is 2.11. The van der Waals surface area contributed by atoms with Crippen molar-refractivity contribution < 1.29 is 4.74 Å². The third-order valence-electron chi connectivity index (χ3n) is 2.74. The molecule has 0 aliphatic carbocycles. The first-order chi connectivity index (χ1) is 9.11. The minimum atomic E-state index is 0.306. The van der Waals surface area contributed by atoms with Gasteiger partial charge in [-0.2, -0.15) is 5.10 Å². The van der Waals surface area contributed by atoms with Crippen LogP contribution in [0.5, 0.6) is 11.5 Å². The van der Waals surface area contributed by atoms with E-state index in [2.05, 4.69) is 24.3 Å². The Morgan fingerprint density at radius 2 is 2.21 bits per heavy atom. The van der Waals surface area contributed by atoms with E-state index in [-0.39, 0.29) is 0 Å². The van der Waals surface area contributed by atoms with Crippen molar-refractivity contribution in [3.8, 4) is 11.5 Å². The van der Waals surface area contributed by atoms with Crippen LogP contribution in [0.15, 0.2) is 30.6 Å². The number of aromatic nitrogens is 2. The van der Waals surface area contributed by atoms with Gasteiger partial charge in [0.15, 0.2) is 11.5 Å². The monoisotopic (exact) mass is 279 g/mol. The molecule has 1 aromatic carbocycles. The Labute approximate surface area is 118 Å². The topological polar surface area (TPSA) is 39.1 Å². The van der Waals surface area contributed by atoms with Gasteiger partial charge >= 0.3 is 0 Å². The third-order valence-corrected chi connectivity index (χ3v) is 3.04. The van der Waals surface area contributed by atoms with Crippen LogP contribution in [0.1, 0.15) is 25.5 Å². The molecule has 0 saturated carbocycles. The number of benzene rings is 1. The molecule has 5 heteroatoms. The maximum absolute atomic E-state index is 6.20. The summed E-state index contributed by atoms with van der Waals surface area (Å²) in [4.78, 5) is 0. The number of halogens is 1. The van der Waals surface area contributed by atoms with E-state index in [4.69, 9.17) is 16.3 Å². The molecule has 1 heterocycles. The Morgan fingerprint density at radius 1 is 1.42 bits per heavy atom. The maximum atomic E-state index is 6.20. The first-order valence-corrected chi connectivity index (χ1v) is 6.63. The van der Waals surface area contributed by atoms with Gasteiger partial charge in [0.25, 0.3) is 0 Å². The molecule has 0 radical (unpaired) electrons. The highest BCUT2D eigenvalue weighted by molar-refractivity contribution is 6.32. The summed E-state index contributed by atoms with van der Waals surface area (Å²) in [7, 11) is 1.89. The number of nitrogens with one attached hydrogen (secondary N) is 1. The van der Waals surface area contributed by atoms with Crippen LogP contribution in [0.2, 0.25) is 5.02 Å². The van der Waals surface area contributed by atoms with Crippen LogP contribution in [0.25, 0.3) is 0 Å². The smallest absolute Gasteiger partial charge is 0.165 e. The lowest BCUT2D eigenvalue weighted by Crippen LogP contribution is -2.06. The van der Waals surface area contributed by atoms with Crippen LogP contribution in [-0.4, -0.2) is 16.8 Å². The summed E-state index contributed by atoms with van der Waals surface area (Å²) in [5.41, 5.74) is 1.02. The molecule has 0 fully saturated rings. The van der Waals surface area contributed by atoms with Gasteiger partial charge in [0.2, 0.25) is 0 Å². The number of para-hydroxylation sites is 1. The molecule has 4 nitrogen and oxygen atoms in total. The van der Waals surface area contributed by atoms with Crippen LogP contribution >= 0.6 is 11.6 Å². The SMILES string of the molecule is CNCc1cccc(Cl)c1Oc1cnn(C(C)C)c1. The molecule has 0 amide bonds. The molecule has 1 aromatic heterocycles. The maximum Gasteiger partial charge on any atom is 0.165 e. The van der Waals surface area contributed by atoms with Crippen LogP contribution < -0.4 is 10.1 Å². The first kappa shape index (κ1) is 13.9. The van der Waals surface area contributed by atoms with Crippen LogP contribution in [0, 0.1) is 0 Å². The minimum absolute atomic E-state index is 0.306. The molecule has 2 aromatic rings.